The summed E-state index contributed by atoms with van der Waals surface area (Å²) in [5.74, 6) is 0.932. The van der Waals surface area contributed by atoms with E-state index in [2.05, 4.69) is 64.2 Å². The second kappa shape index (κ2) is 5.89. The summed E-state index contributed by atoms with van der Waals surface area (Å²) in [5, 5.41) is 3.75. The molecule has 112 valence electrons. The molecule has 0 atom stereocenters. The molecule has 1 N–H and O–H groups in total. The van der Waals surface area contributed by atoms with Gasteiger partial charge in [-0.15, -0.1) is 0 Å². The van der Waals surface area contributed by atoms with Crippen LogP contribution in [0.1, 0.15) is 64.5 Å². The Balaban J connectivity index is 2.16. The van der Waals surface area contributed by atoms with E-state index in [1.807, 2.05) is 0 Å². The Morgan fingerprint density at radius 3 is 2.40 bits per heavy atom. The number of benzene rings is 1. The molecular weight excluding hydrogens is 242 g/mol. The van der Waals surface area contributed by atoms with Crippen molar-refractivity contribution in [2.45, 2.75) is 71.3 Å². The zero-order chi connectivity index (χ0) is 14.8. The minimum Gasteiger partial charge on any atom is -0.311 e. The molecule has 20 heavy (non-hydrogen) atoms. The number of hydrogen-bond acceptors (Lipinski definition) is 1. The fourth-order valence-corrected chi connectivity index (χ4v) is 3.72. The summed E-state index contributed by atoms with van der Waals surface area (Å²) in [5.41, 5.74) is 3.60. The molecule has 0 aromatic heterocycles. The molecule has 0 aliphatic heterocycles. The fraction of sp³-hybridized carbons (Fsp3) is 0.684. The van der Waals surface area contributed by atoms with Gasteiger partial charge in [0.1, 0.15) is 0 Å². The summed E-state index contributed by atoms with van der Waals surface area (Å²) in [6.07, 6.45) is 5.42. The van der Waals surface area contributed by atoms with Gasteiger partial charge in [0.15, 0.2) is 0 Å². The largest absolute Gasteiger partial charge is 0.311 e. The van der Waals surface area contributed by atoms with Gasteiger partial charge >= 0.3 is 0 Å². The normalized spacial score (nSPS) is 26.4. The molecule has 1 saturated carbocycles. The molecule has 2 rings (SSSR count). The van der Waals surface area contributed by atoms with Gasteiger partial charge in [0.05, 0.1) is 0 Å². The third-order valence-electron chi connectivity index (χ3n) is 4.73. The molecule has 1 aliphatic rings. The molecule has 1 fully saturated rings. The van der Waals surface area contributed by atoms with Gasteiger partial charge in [-0.25, -0.2) is 0 Å². The second-order valence-corrected chi connectivity index (χ2v) is 7.76. The van der Waals surface area contributed by atoms with E-state index >= 15 is 0 Å². The monoisotopic (exact) mass is 273 g/mol. The summed E-state index contributed by atoms with van der Waals surface area (Å²) in [7, 11) is 0. The Kier molecular flexibility index (Phi) is 4.59. The maximum atomic E-state index is 3.75. The zero-order valence-corrected chi connectivity index (χ0v) is 13.9. The van der Waals surface area contributed by atoms with Crippen LogP contribution in [-0.4, -0.2) is 12.1 Å². The fourth-order valence-electron chi connectivity index (χ4n) is 3.72. The highest BCUT2D eigenvalue weighted by molar-refractivity contribution is 5.36. The van der Waals surface area contributed by atoms with Gasteiger partial charge in [0.2, 0.25) is 0 Å². The molecule has 0 saturated heterocycles. The minimum atomic E-state index is 0.200. The molecule has 0 amide bonds. The summed E-state index contributed by atoms with van der Waals surface area (Å²) in [6.45, 7) is 12.5. The van der Waals surface area contributed by atoms with Crippen LogP contribution >= 0.6 is 0 Å². The molecule has 1 nitrogen and oxygen atoms in total. The highest BCUT2D eigenvalue weighted by atomic mass is 15.0. The Morgan fingerprint density at radius 2 is 1.85 bits per heavy atom. The van der Waals surface area contributed by atoms with Crippen molar-refractivity contribution in [3.63, 3.8) is 0 Å². The molecule has 1 aliphatic carbocycles. The van der Waals surface area contributed by atoms with E-state index in [1.54, 1.807) is 5.56 Å². The lowest BCUT2D eigenvalue weighted by atomic mass is 9.56. The Hall–Kier alpha value is -0.820. The third-order valence-corrected chi connectivity index (χ3v) is 4.73. The number of nitrogens with one attached hydrogen (secondary N) is 1. The summed E-state index contributed by atoms with van der Waals surface area (Å²) < 4.78 is 0. The van der Waals surface area contributed by atoms with Crippen LogP contribution in [-0.2, 0) is 5.41 Å². The average molecular weight is 273 g/mol. The molecule has 1 heteroatoms. The molecule has 0 heterocycles. The van der Waals surface area contributed by atoms with Gasteiger partial charge in [-0.2, -0.15) is 0 Å². The lowest BCUT2D eigenvalue weighted by Crippen LogP contribution is -2.52. The van der Waals surface area contributed by atoms with Crippen LogP contribution in [0.2, 0.25) is 0 Å². The van der Waals surface area contributed by atoms with Crippen LogP contribution in [0.3, 0.4) is 0 Å². The van der Waals surface area contributed by atoms with E-state index in [4.69, 9.17) is 0 Å². The van der Waals surface area contributed by atoms with Crippen LogP contribution in [0, 0.1) is 12.8 Å². The van der Waals surface area contributed by atoms with Gasteiger partial charge in [0.25, 0.3) is 0 Å². The molecule has 1 aromatic rings. The molecule has 0 spiro atoms. The summed E-state index contributed by atoms with van der Waals surface area (Å²) in [6, 6.07) is 8.98. The molecule has 0 unspecified atom stereocenters. The van der Waals surface area contributed by atoms with Crippen molar-refractivity contribution in [1.29, 1.82) is 0 Å². The van der Waals surface area contributed by atoms with E-state index in [9.17, 15) is 0 Å². The molecule has 0 bridgehead atoms. The van der Waals surface area contributed by atoms with Crippen molar-refractivity contribution < 1.29 is 0 Å². The second-order valence-electron chi connectivity index (χ2n) is 7.76. The van der Waals surface area contributed by atoms with E-state index in [-0.39, 0.29) is 5.54 Å². The van der Waals surface area contributed by atoms with Crippen LogP contribution in [0.15, 0.2) is 24.3 Å². The van der Waals surface area contributed by atoms with E-state index in [0.29, 0.717) is 5.41 Å². The first-order valence-corrected chi connectivity index (χ1v) is 8.17. The van der Waals surface area contributed by atoms with Crippen LogP contribution in [0.5, 0.6) is 0 Å². The number of aryl methyl sites for hydroxylation is 1. The Bertz CT molecular complexity index is 435. The van der Waals surface area contributed by atoms with Crippen molar-refractivity contribution in [2.75, 3.05) is 6.54 Å². The number of hydrogen-bond donors (Lipinski definition) is 1. The van der Waals surface area contributed by atoms with Gasteiger partial charge in [-0.1, -0.05) is 44.0 Å². The summed E-state index contributed by atoms with van der Waals surface area (Å²) in [4.78, 5) is 0. The van der Waals surface area contributed by atoms with Crippen molar-refractivity contribution in [3.05, 3.63) is 35.4 Å². The maximum Gasteiger partial charge on any atom is 0.00968 e. The van der Waals surface area contributed by atoms with Crippen LogP contribution in [0.4, 0.5) is 0 Å². The lowest BCUT2D eigenvalue weighted by molar-refractivity contribution is 0.119. The van der Waals surface area contributed by atoms with Crippen molar-refractivity contribution in [1.82, 2.24) is 5.32 Å². The summed E-state index contributed by atoms with van der Waals surface area (Å²) >= 11 is 0. The third kappa shape index (κ3) is 3.44. The van der Waals surface area contributed by atoms with E-state index in [0.717, 1.165) is 12.5 Å². The highest BCUT2D eigenvalue weighted by Crippen LogP contribution is 2.50. The molecule has 1 aromatic carbocycles. The average Bonchev–Trinajstić information content (AvgIpc) is 2.32. The standard InChI is InChI=1S/C19H31N/c1-6-9-16-12-19(13-16,14-20-18(3,4)5)17-11-8-7-10-15(17)2/h7-8,10-11,16,20H,6,9,12-14H2,1-5H3. The van der Waals surface area contributed by atoms with Crippen molar-refractivity contribution in [3.8, 4) is 0 Å². The molecular formula is C19H31N. The van der Waals surface area contributed by atoms with E-state index in [1.165, 1.54) is 31.2 Å². The van der Waals surface area contributed by atoms with Gasteiger partial charge in [-0.05, 0) is 57.6 Å². The predicted octanol–water partition coefficient (Wildman–Crippen LogP) is 4.83. The highest BCUT2D eigenvalue weighted by Gasteiger charge is 2.45. The van der Waals surface area contributed by atoms with Gasteiger partial charge in [0, 0.05) is 17.5 Å². The first kappa shape index (κ1) is 15.6. The van der Waals surface area contributed by atoms with Crippen LogP contribution < -0.4 is 5.32 Å². The zero-order valence-electron chi connectivity index (χ0n) is 13.9. The lowest BCUT2D eigenvalue weighted by Gasteiger charge is -2.50. The first-order valence-electron chi connectivity index (χ1n) is 8.17. The number of rotatable bonds is 5. The topological polar surface area (TPSA) is 12.0 Å². The van der Waals surface area contributed by atoms with Crippen LogP contribution in [0.25, 0.3) is 0 Å². The van der Waals surface area contributed by atoms with Crippen molar-refractivity contribution >= 4 is 0 Å². The Labute approximate surface area is 125 Å². The first-order chi connectivity index (χ1) is 9.36. The van der Waals surface area contributed by atoms with Gasteiger partial charge in [-0.3, -0.25) is 0 Å². The molecule has 0 radical (unpaired) electrons. The Morgan fingerprint density at radius 1 is 1.20 bits per heavy atom. The minimum absolute atomic E-state index is 0.200. The predicted molar refractivity (Wildman–Crippen MR) is 88.2 cm³/mol. The smallest absolute Gasteiger partial charge is 0.00968 e. The van der Waals surface area contributed by atoms with Gasteiger partial charge < -0.3 is 5.32 Å². The van der Waals surface area contributed by atoms with E-state index < -0.39 is 0 Å². The SMILES string of the molecule is CCCC1CC(CNC(C)(C)C)(c2ccccc2C)C1. The quantitative estimate of drug-likeness (QED) is 0.810. The maximum absolute atomic E-state index is 3.75. The van der Waals surface area contributed by atoms with Crippen molar-refractivity contribution in [2.24, 2.45) is 5.92 Å².